The zero-order valence-electron chi connectivity index (χ0n) is 6.28. The van der Waals surface area contributed by atoms with Gasteiger partial charge in [-0.1, -0.05) is 0 Å². The van der Waals surface area contributed by atoms with E-state index in [4.69, 9.17) is 11.6 Å². The van der Waals surface area contributed by atoms with E-state index in [2.05, 4.69) is 20.9 Å². The van der Waals surface area contributed by atoms with E-state index in [-0.39, 0.29) is 21.6 Å². The van der Waals surface area contributed by atoms with Gasteiger partial charge in [0, 0.05) is 21.8 Å². The second-order valence-corrected chi connectivity index (χ2v) is 3.38. The highest BCUT2D eigenvalue weighted by Crippen LogP contribution is 2.28. The molecule has 2 nitrogen and oxygen atoms in total. The first kappa shape index (κ1) is 10.7. The molecule has 1 rings (SSSR count). The van der Waals surface area contributed by atoms with Crippen LogP contribution >= 0.6 is 27.5 Å². The molecule has 0 saturated carbocycles. The van der Waals surface area contributed by atoms with Gasteiger partial charge in [-0.05, 0) is 15.9 Å². The van der Waals surface area contributed by atoms with E-state index in [1.807, 2.05) is 0 Å². The fourth-order valence-corrected chi connectivity index (χ4v) is 1.76. The van der Waals surface area contributed by atoms with Gasteiger partial charge in [-0.25, -0.2) is 8.78 Å². The Balaban J connectivity index is 3.36. The van der Waals surface area contributed by atoms with Crippen molar-refractivity contribution in [2.75, 3.05) is 0 Å². The lowest BCUT2D eigenvalue weighted by molar-refractivity contribution is 0.150. The number of halogens is 4. The lowest BCUT2D eigenvalue weighted by Gasteiger charge is -2.05. The molecule has 1 aromatic rings. The van der Waals surface area contributed by atoms with E-state index in [1.54, 1.807) is 0 Å². The van der Waals surface area contributed by atoms with Gasteiger partial charge >= 0.3 is 0 Å². The number of nitrogens with one attached hydrogen (secondary N) is 1. The van der Waals surface area contributed by atoms with Crippen LogP contribution in [0.25, 0.3) is 0 Å². The van der Waals surface area contributed by atoms with Crippen molar-refractivity contribution in [3.63, 3.8) is 0 Å². The maximum Gasteiger partial charge on any atom is 0.265 e. The quantitative estimate of drug-likeness (QED) is 0.825. The average Bonchev–Trinajstić information content (AvgIpc) is 2.08. The highest BCUT2D eigenvalue weighted by Gasteiger charge is 2.15. The van der Waals surface area contributed by atoms with Gasteiger partial charge < -0.3 is 4.98 Å². The van der Waals surface area contributed by atoms with Crippen LogP contribution in [0.4, 0.5) is 8.78 Å². The van der Waals surface area contributed by atoms with Gasteiger partial charge in [-0.15, -0.1) is 11.6 Å². The van der Waals surface area contributed by atoms with Crippen LogP contribution < -0.4 is 5.56 Å². The molecule has 0 amide bonds. The highest BCUT2D eigenvalue weighted by atomic mass is 79.9. The van der Waals surface area contributed by atoms with E-state index >= 15 is 0 Å². The smallest absolute Gasteiger partial charge is 0.265 e. The van der Waals surface area contributed by atoms with Crippen LogP contribution in [0, 0.1) is 0 Å². The maximum absolute atomic E-state index is 12.3. The standard InChI is InChI=1S/C7H5BrClF2NO/c8-6-3(7(10)11)1-5(13)12-4(6)2-9/h1,7H,2H2,(H,12,13). The third-order valence-electron chi connectivity index (χ3n) is 1.45. The predicted molar refractivity (Wildman–Crippen MR) is 49.3 cm³/mol. The van der Waals surface area contributed by atoms with Gasteiger partial charge in [-0.3, -0.25) is 4.79 Å². The van der Waals surface area contributed by atoms with Gasteiger partial charge in [0.15, 0.2) is 0 Å². The summed E-state index contributed by atoms with van der Waals surface area (Å²) >= 11 is 8.38. The molecule has 0 atom stereocenters. The Labute approximate surface area is 86.0 Å². The largest absolute Gasteiger partial charge is 0.324 e. The number of hydrogen-bond donors (Lipinski definition) is 1. The minimum Gasteiger partial charge on any atom is -0.324 e. The molecule has 1 N–H and O–H groups in total. The van der Waals surface area contributed by atoms with Gasteiger partial charge in [0.25, 0.3) is 6.43 Å². The van der Waals surface area contributed by atoms with Crippen molar-refractivity contribution in [3.8, 4) is 0 Å². The Morgan fingerprint density at radius 1 is 1.62 bits per heavy atom. The van der Waals surface area contributed by atoms with Gasteiger partial charge in [0.1, 0.15) is 0 Å². The summed E-state index contributed by atoms with van der Waals surface area (Å²) in [6, 6.07) is 0.852. The summed E-state index contributed by atoms with van der Waals surface area (Å²) in [7, 11) is 0. The van der Waals surface area contributed by atoms with Crippen molar-refractivity contribution < 1.29 is 8.78 Å². The fourth-order valence-electron chi connectivity index (χ4n) is 0.869. The summed E-state index contributed by atoms with van der Waals surface area (Å²) in [5, 5.41) is 0. The zero-order chi connectivity index (χ0) is 10.0. The molecule has 0 bridgehead atoms. The van der Waals surface area contributed by atoms with E-state index < -0.39 is 12.0 Å². The summed E-state index contributed by atoms with van der Waals surface area (Å²) in [4.78, 5) is 13.2. The molecule has 0 aliphatic heterocycles. The number of aromatic nitrogens is 1. The number of rotatable bonds is 2. The second kappa shape index (κ2) is 4.19. The summed E-state index contributed by atoms with van der Waals surface area (Å²) in [6.07, 6.45) is -2.68. The van der Waals surface area contributed by atoms with Crippen LogP contribution in [0.15, 0.2) is 15.3 Å². The van der Waals surface area contributed by atoms with Crippen LogP contribution in [0.2, 0.25) is 0 Å². The van der Waals surface area contributed by atoms with Crippen LogP contribution in [-0.4, -0.2) is 4.98 Å². The molecule has 0 aliphatic rings. The summed E-state index contributed by atoms with van der Waals surface area (Å²) in [6.45, 7) is 0. The second-order valence-electron chi connectivity index (χ2n) is 2.32. The van der Waals surface area contributed by atoms with Crippen LogP contribution in [-0.2, 0) is 5.88 Å². The third kappa shape index (κ3) is 2.28. The number of aromatic amines is 1. The number of hydrogen-bond acceptors (Lipinski definition) is 1. The predicted octanol–water partition coefficient (Wildman–Crippen LogP) is 2.81. The Kier molecular flexibility index (Phi) is 3.44. The number of pyridine rings is 1. The summed E-state index contributed by atoms with van der Waals surface area (Å²) in [5.41, 5.74) is -0.641. The molecule has 0 spiro atoms. The topological polar surface area (TPSA) is 32.9 Å². The van der Waals surface area contributed by atoms with Crippen molar-refractivity contribution in [1.82, 2.24) is 4.98 Å². The molecule has 13 heavy (non-hydrogen) atoms. The minimum atomic E-state index is -2.68. The van der Waals surface area contributed by atoms with Crippen LogP contribution in [0.1, 0.15) is 17.7 Å². The molecule has 72 valence electrons. The molecule has 0 saturated heterocycles. The Hall–Kier alpha value is -0.420. The lowest BCUT2D eigenvalue weighted by Crippen LogP contribution is -2.10. The first-order chi connectivity index (χ1) is 6.06. The zero-order valence-corrected chi connectivity index (χ0v) is 8.62. The van der Waals surface area contributed by atoms with Crippen molar-refractivity contribution in [1.29, 1.82) is 0 Å². The monoisotopic (exact) mass is 271 g/mol. The Morgan fingerprint density at radius 2 is 2.23 bits per heavy atom. The average molecular weight is 272 g/mol. The van der Waals surface area contributed by atoms with Crippen molar-refractivity contribution >= 4 is 27.5 Å². The first-order valence-electron chi connectivity index (χ1n) is 3.32. The highest BCUT2D eigenvalue weighted by molar-refractivity contribution is 9.10. The first-order valence-corrected chi connectivity index (χ1v) is 4.64. The van der Waals surface area contributed by atoms with Crippen molar-refractivity contribution in [2.24, 2.45) is 0 Å². The molecule has 6 heteroatoms. The molecule has 0 aliphatic carbocycles. The molecular weight excluding hydrogens is 267 g/mol. The lowest BCUT2D eigenvalue weighted by atomic mass is 10.2. The molecule has 0 radical (unpaired) electrons. The summed E-state index contributed by atoms with van der Waals surface area (Å²) < 4.78 is 24.8. The van der Waals surface area contributed by atoms with E-state index in [0.717, 1.165) is 6.07 Å². The van der Waals surface area contributed by atoms with Crippen molar-refractivity contribution in [2.45, 2.75) is 12.3 Å². The molecule has 1 heterocycles. The van der Waals surface area contributed by atoms with E-state index in [9.17, 15) is 13.6 Å². The molecule has 0 unspecified atom stereocenters. The maximum atomic E-state index is 12.3. The molecule has 0 aromatic carbocycles. The summed E-state index contributed by atoms with van der Waals surface area (Å²) in [5.74, 6) is -0.0175. The normalized spacial score (nSPS) is 10.8. The third-order valence-corrected chi connectivity index (χ3v) is 2.65. The van der Waals surface area contributed by atoms with Crippen LogP contribution in [0.3, 0.4) is 0 Å². The van der Waals surface area contributed by atoms with Crippen molar-refractivity contribution in [3.05, 3.63) is 32.2 Å². The SMILES string of the molecule is O=c1cc(C(F)F)c(Br)c(CCl)[nH]1. The number of H-pyrrole nitrogens is 1. The molecular formula is C7H5BrClF2NO. The molecule has 0 fully saturated rings. The van der Waals surface area contributed by atoms with Gasteiger partial charge in [-0.2, -0.15) is 0 Å². The van der Waals surface area contributed by atoms with E-state index in [0.29, 0.717) is 0 Å². The Bertz CT molecular complexity index is 366. The van der Waals surface area contributed by atoms with E-state index in [1.165, 1.54) is 0 Å². The fraction of sp³-hybridized carbons (Fsp3) is 0.286. The minimum absolute atomic E-state index is 0.0175. The molecule has 1 aromatic heterocycles. The Morgan fingerprint density at radius 3 is 2.69 bits per heavy atom. The number of alkyl halides is 3. The van der Waals surface area contributed by atoms with Crippen LogP contribution in [0.5, 0.6) is 0 Å². The van der Waals surface area contributed by atoms with Gasteiger partial charge in [0.05, 0.1) is 5.88 Å². The van der Waals surface area contributed by atoms with Gasteiger partial charge in [0.2, 0.25) is 5.56 Å².